The predicted molar refractivity (Wildman–Crippen MR) is 502 cm³/mol. The van der Waals surface area contributed by atoms with Gasteiger partial charge in [0.15, 0.2) is 0 Å². The van der Waals surface area contributed by atoms with Crippen molar-refractivity contribution in [3.05, 3.63) is 0 Å². The van der Waals surface area contributed by atoms with Gasteiger partial charge in [0.1, 0.15) is 19.8 Å². The Labute approximate surface area is 803 Å². The van der Waals surface area contributed by atoms with Crippen LogP contribution >= 0.6 is 127 Å². The van der Waals surface area contributed by atoms with Crippen LogP contribution in [0.15, 0.2) is 0 Å². The third-order valence-corrected chi connectivity index (χ3v) is 21.1. The summed E-state index contributed by atoms with van der Waals surface area (Å²) in [5.41, 5.74) is 0.391. The molecule has 0 unspecified atom stereocenters. The highest BCUT2D eigenvalue weighted by Gasteiger charge is 2.42. The zero-order valence-electron chi connectivity index (χ0n) is 75.5. The first kappa shape index (κ1) is 121. The van der Waals surface area contributed by atoms with Gasteiger partial charge >= 0.3 is 0 Å². The molecular formula is C79H138Br8N16O22. The number of ether oxygens (including phenoxy) is 7. The Bertz CT molecular complexity index is 3150. The van der Waals surface area contributed by atoms with Crippen LogP contribution < -0.4 is 85.5 Å². The molecule has 125 heavy (non-hydrogen) atoms. The largest absolute Gasteiger partial charge is 0.378 e. The van der Waals surface area contributed by atoms with Crippen LogP contribution in [0.1, 0.15) is 144 Å². The van der Waals surface area contributed by atoms with Crippen molar-refractivity contribution in [3.8, 4) is 0 Å². The molecule has 0 bridgehead atoms. The van der Waals surface area contributed by atoms with Gasteiger partial charge in [-0.25, -0.2) is 0 Å². The van der Waals surface area contributed by atoms with E-state index in [-0.39, 0.29) is 183 Å². The highest BCUT2D eigenvalue weighted by atomic mass is 79.9. The van der Waals surface area contributed by atoms with Crippen LogP contribution in [0.4, 0.5) is 0 Å². The summed E-state index contributed by atoms with van der Waals surface area (Å²) in [4.78, 5) is 201. The molecule has 722 valence electrons. The fraction of sp³-hybridized carbons (Fsp3) is 0.810. The molecule has 17 N–H and O–H groups in total. The molecule has 0 heterocycles. The molecule has 0 aliphatic rings. The average Bonchev–Trinajstić information content (AvgIpc) is 0.785. The van der Waals surface area contributed by atoms with Gasteiger partial charge in [-0.1, -0.05) is 141 Å². The molecule has 0 atom stereocenters. The second kappa shape index (κ2) is 57.8. The Morgan fingerprint density at radius 3 is 0.608 bits per heavy atom. The molecule has 0 radical (unpaired) electrons. The minimum atomic E-state index is -1.42. The van der Waals surface area contributed by atoms with Crippen LogP contribution in [0.2, 0.25) is 0 Å². The number of hydrogen-bond acceptors (Lipinski definition) is 23. The second-order valence-corrected chi connectivity index (χ2v) is 50.8. The molecule has 0 aliphatic heterocycles. The third-order valence-electron chi connectivity index (χ3n) is 18.2. The minimum absolute atomic E-state index is 0.0362. The van der Waals surface area contributed by atoms with Gasteiger partial charge in [-0.3, -0.25) is 71.9 Å². The number of nitrogens with two attached hydrogens (primary N) is 1. The van der Waals surface area contributed by atoms with Crippen molar-refractivity contribution in [3.63, 3.8) is 0 Å². The molecular weight excluding hydrogens is 2160 g/mol. The molecule has 15 amide bonds. The first-order valence-corrected chi connectivity index (χ1v) is 47.1. The van der Waals surface area contributed by atoms with Gasteiger partial charge in [0, 0.05) is 152 Å². The van der Waals surface area contributed by atoms with Crippen molar-refractivity contribution >= 4 is 216 Å². The normalized spacial score (nSPS) is 12.7. The standard InChI is InChI=1S/C79H138Br8N16O22/c1-52(2)59(110)95-39-77(40-96-60(111)68(3,4)80,41-97-61(112)69(5,6)81)49-123-33-56(107)89-23-19-53(104)92-36-76(48-122-32-31-121-30-29-120-28-27-119-26-22-88,37-93-54(105)20-24-90-57(108)34-124-50-78(42-98-62(113)70(7,8)82,43-99-63(114)71(9,10)83)44-100-64(115)72(11,12)84)38-94-55(106)21-25-91-58(109)35-125-51-79(45-101-65(116)73(13,14)85,46-102-66(117)74(15,16)86)47-103-67(118)75(17,18)87/h52H,19-51,88H2,1-18H3,(H,89,107)(H,90,108)(H,91,109)(H,92,104)(H,93,105)(H,94,106)(H,95,110)(H,96,111)(H,97,112)(H,98,113)(H,99,114)(H,100,115)(H,101,116)(H,102,117)(H,103,118). The Kier molecular flexibility index (Phi) is 55.7. The molecule has 0 saturated carbocycles. The Balaban J connectivity index is 7.42. The van der Waals surface area contributed by atoms with Gasteiger partial charge in [-0.05, 0) is 111 Å². The molecule has 0 rings (SSSR count). The van der Waals surface area contributed by atoms with Crippen LogP contribution in [-0.4, -0.2) is 320 Å². The summed E-state index contributed by atoms with van der Waals surface area (Å²) in [5, 5.41) is 42.1. The summed E-state index contributed by atoms with van der Waals surface area (Å²) in [6.07, 6.45) is -0.986. The lowest BCUT2D eigenvalue weighted by Gasteiger charge is -2.36. The van der Waals surface area contributed by atoms with Crippen molar-refractivity contribution in [2.45, 2.75) is 178 Å². The van der Waals surface area contributed by atoms with Crippen LogP contribution in [0.3, 0.4) is 0 Å². The van der Waals surface area contributed by atoms with Gasteiger partial charge in [0.05, 0.1) is 107 Å². The van der Waals surface area contributed by atoms with E-state index in [9.17, 15) is 71.9 Å². The predicted octanol–water partition coefficient (Wildman–Crippen LogP) is 1.96. The Morgan fingerprint density at radius 1 is 0.240 bits per heavy atom. The lowest BCUT2D eigenvalue weighted by Crippen LogP contribution is -2.57. The minimum Gasteiger partial charge on any atom is -0.378 e. The molecule has 0 aromatic heterocycles. The first-order chi connectivity index (χ1) is 57.4. The van der Waals surface area contributed by atoms with E-state index in [4.69, 9.17) is 38.9 Å². The summed E-state index contributed by atoms with van der Waals surface area (Å²) in [5.74, 6) is -7.99. The molecule has 0 saturated heterocycles. The number of carbonyl (C=O) groups excluding carboxylic acids is 15. The number of alkyl halides is 8. The van der Waals surface area contributed by atoms with E-state index in [1.54, 1.807) is 125 Å². The topological polar surface area (TPSA) is 527 Å². The lowest BCUT2D eigenvalue weighted by atomic mass is 9.87. The molecule has 0 aromatic carbocycles. The van der Waals surface area contributed by atoms with Crippen LogP contribution in [-0.2, 0) is 105 Å². The van der Waals surface area contributed by atoms with Crippen molar-refractivity contribution in [2.24, 2.45) is 33.3 Å². The van der Waals surface area contributed by atoms with E-state index in [1.807, 2.05) is 0 Å². The third kappa shape index (κ3) is 54.9. The van der Waals surface area contributed by atoms with Gasteiger partial charge in [0.2, 0.25) is 88.6 Å². The highest BCUT2D eigenvalue weighted by Crippen LogP contribution is 2.28. The molecule has 0 aliphatic carbocycles. The Hall–Kier alpha value is -4.43. The fourth-order valence-corrected chi connectivity index (χ4v) is 11.1. The van der Waals surface area contributed by atoms with Crippen LogP contribution in [0, 0.1) is 27.6 Å². The SMILES string of the molecule is CC(C)C(=O)NCC(CNC(=O)C(C)(C)Br)(CNC(=O)C(C)(C)Br)COCC(=O)NCCC(=O)NCC(CNC(=O)CCNC(=O)COCC(CNC(=O)C(C)(C)Br)(CNC(=O)C(C)(C)Br)CNC(=O)C(C)(C)Br)(CNC(=O)CCNC(=O)COCC(CNC(=O)C(C)(C)Br)(CNC(=O)C(C)(C)Br)CNC(=O)C(C)(C)Br)COCCOCCOCCOCCN. The number of amides is 15. The van der Waals surface area contributed by atoms with Gasteiger partial charge < -0.3 is 119 Å². The van der Waals surface area contributed by atoms with Crippen molar-refractivity contribution in [1.29, 1.82) is 0 Å². The highest BCUT2D eigenvalue weighted by molar-refractivity contribution is 9.11. The summed E-state index contributed by atoms with van der Waals surface area (Å²) >= 11 is 26.9. The summed E-state index contributed by atoms with van der Waals surface area (Å²) in [6, 6.07) is 0. The number of carbonyl (C=O) groups is 15. The van der Waals surface area contributed by atoms with E-state index < -0.39 is 165 Å². The first-order valence-electron chi connectivity index (χ1n) is 40.8. The van der Waals surface area contributed by atoms with E-state index in [2.05, 4.69) is 207 Å². The van der Waals surface area contributed by atoms with Crippen molar-refractivity contribution in [1.82, 2.24) is 79.8 Å². The van der Waals surface area contributed by atoms with Crippen LogP contribution in [0.25, 0.3) is 0 Å². The molecule has 38 nitrogen and oxygen atoms in total. The Morgan fingerprint density at radius 2 is 0.416 bits per heavy atom. The van der Waals surface area contributed by atoms with Crippen molar-refractivity contribution < 1.29 is 105 Å². The number of halogens is 8. The lowest BCUT2D eigenvalue weighted by molar-refractivity contribution is -0.130. The number of rotatable bonds is 67. The summed E-state index contributed by atoms with van der Waals surface area (Å²) < 4.78 is 32.6. The zero-order valence-corrected chi connectivity index (χ0v) is 88.2. The molecule has 0 fully saturated rings. The van der Waals surface area contributed by atoms with E-state index in [0.29, 0.717) is 19.8 Å². The van der Waals surface area contributed by atoms with Crippen LogP contribution in [0.5, 0.6) is 0 Å². The van der Waals surface area contributed by atoms with Gasteiger partial charge in [0.25, 0.3) is 0 Å². The average molecular weight is 2300 g/mol. The number of nitrogens with one attached hydrogen (secondary N) is 15. The fourth-order valence-electron chi connectivity index (χ4n) is 10.0. The van der Waals surface area contributed by atoms with E-state index in [0.717, 1.165) is 0 Å². The smallest absolute Gasteiger partial charge is 0.246 e. The van der Waals surface area contributed by atoms with Gasteiger partial charge in [-0.15, -0.1) is 0 Å². The second-order valence-electron chi connectivity index (χ2n) is 34.9. The van der Waals surface area contributed by atoms with Gasteiger partial charge in [-0.2, -0.15) is 0 Å². The van der Waals surface area contributed by atoms with E-state index in [1.165, 1.54) is 0 Å². The summed E-state index contributed by atoms with van der Waals surface area (Å²) in [7, 11) is 0. The maximum atomic E-state index is 14.0. The van der Waals surface area contributed by atoms with E-state index >= 15 is 0 Å². The number of hydrogen-bond donors (Lipinski definition) is 16. The monoisotopic (exact) mass is 2290 g/mol. The quantitative estimate of drug-likeness (QED) is 0.0306. The molecule has 46 heteroatoms. The summed E-state index contributed by atoms with van der Waals surface area (Å²) in [6.45, 7) is 25.5. The maximum Gasteiger partial charge on any atom is 0.246 e. The zero-order chi connectivity index (χ0) is 96.1. The molecule has 0 aromatic rings. The van der Waals surface area contributed by atoms with Crippen molar-refractivity contribution in [2.75, 3.05) is 197 Å². The maximum absolute atomic E-state index is 14.0. The molecule has 0 spiro atoms.